The van der Waals surface area contributed by atoms with E-state index in [1.165, 1.54) is 66.4 Å². The summed E-state index contributed by atoms with van der Waals surface area (Å²) in [6, 6.07) is 61.1. The minimum Gasteiger partial charge on any atom is -0.310 e. The molecule has 0 spiro atoms. The molecular weight excluding hydrogens is 665 g/mol. The summed E-state index contributed by atoms with van der Waals surface area (Å²) in [7, 11) is 0. The van der Waals surface area contributed by atoms with Gasteiger partial charge in [-0.2, -0.15) is 0 Å². The van der Waals surface area contributed by atoms with Crippen LogP contribution in [-0.4, -0.2) is 4.57 Å². The van der Waals surface area contributed by atoms with Gasteiger partial charge >= 0.3 is 0 Å². The van der Waals surface area contributed by atoms with Crippen LogP contribution in [0.15, 0.2) is 188 Å². The van der Waals surface area contributed by atoms with Crippen LogP contribution in [0, 0.1) is 5.92 Å². The SMILES string of the molecule is CC1(C)c2ccccc2-c2ccc(N(c3ccccc3)c3ccc4c(c3)c3cc(C5(C)c6ccccc6C6C=CC=CC65)ccc3n4-c3ccccc3)cc21. The zero-order valence-corrected chi connectivity index (χ0v) is 31.4. The number of para-hydroxylation sites is 2. The summed E-state index contributed by atoms with van der Waals surface area (Å²) >= 11 is 0. The number of aromatic nitrogens is 1. The van der Waals surface area contributed by atoms with E-state index in [1.54, 1.807) is 0 Å². The van der Waals surface area contributed by atoms with Crippen molar-refractivity contribution in [1.82, 2.24) is 4.57 Å². The molecule has 3 aliphatic rings. The van der Waals surface area contributed by atoms with Crippen molar-refractivity contribution in [2.75, 3.05) is 4.90 Å². The molecule has 8 aromatic rings. The summed E-state index contributed by atoms with van der Waals surface area (Å²) in [5, 5.41) is 2.52. The highest BCUT2D eigenvalue weighted by atomic mass is 15.1. The quantitative estimate of drug-likeness (QED) is 0.173. The second-order valence-corrected chi connectivity index (χ2v) is 16.3. The van der Waals surface area contributed by atoms with Crippen molar-refractivity contribution in [3.8, 4) is 16.8 Å². The van der Waals surface area contributed by atoms with Gasteiger partial charge in [-0.3, -0.25) is 0 Å². The predicted molar refractivity (Wildman–Crippen MR) is 230 cm³/mol. The number of benzene rings is 7. The van der Waals surface area contributed by atoms with Gasteiger partial charge < -0.3 is 9.47 Å². The Balaban J connectivity index is 1.14. The van der Waals surface area contributed by atoms with E-state index in [0.717, 1.165) is 17.1 Å². The van der Waals surface area contributed by atoms with E-state index in [1.807, 2.05) is 0 Å². The number of anilines is 3. The van der Waals surface area contributed by atoms with E-state index in [-0.39, 0.29) is 10.8 Å². The second kappa shape index (κ2) is 11.8. The molecule has 0 N–H and O–H groups in total. The number of nitrogens with zero attached hydrogens (tertiary/aromatic N) is 2. The van der Waals surface area contributed by atoms with Crippen LogP contribution in [0.3, 0.4) is 0 Å². The summed E-state index contributed by atoms with van der Waals surface area (Å²) in [5.74, 6) is 0.734. The summed E-state index contributed by atoms with van der Waals surface area (Å²) < 4.78 is 2.44. The normalized spacial score (nSPS) is 20.0. The highest BCUT2D eigenvalue weighted by molar-refractivity contribution is 6.11. The van der Waals surface area contributed by atoms with Crippen LogP contribution < -0.4 is 4.90 Å². The van der Waals surface area contributed by atoms with Gasteiger partial charge in [0, 0.05) is 56.2 Å². The molecule has 0 radical (unpaired) electrons. The first kappa shape index (κ1) is 32.1. The van der Waals surface area contributed by atoms with Gasteiger partial charge in [-0.05, 0) is 106 Å². The van der Waals surface area contributed by atoms with Crippen molar-refractivity contribution in [2.45, 2.75) is 37.5 Å². The van der Waals surface area contributed by atoms with Crippen molar-refractivity contribution >= 4 is 38.9 Å². The third-order valence-electron chi connectivity index (χ3n) is 13.1. The van der Waals surface area contributed by atoms with Gasteiger partial charge in [0.1, 0.15) is 0 Å². The Morgan fingerprint density at radius 2 is 1.11 bits per heavy atom. The Morgan fingerprint density at radius 1 is 0.491 bits per heavy atom. The van der Waals surface area contributed by atoms with Crippen molar-refractivity contribution in [3.63, 3.8) is 0 Å². The highest BCUT2D eigenvalue weighted by Crippen LogP contribution is 2.57. The highest BCUT2D eigenvalue weighted by Gasteiger charge is 2.48. The molecule has 0 aliphatic heterocycles. The van der Waals surface area contributed by atoms with Crippen molar-refractivity contribution in [3.05, 3.63) is 216 Å². The van der Waals surface area contributed by atoms with Gasteiger partial charge in [0.15, 0.2) is 0 Å². The molecule has 1 aromatic heterocycles. The lowest BCUT2D eigenvalue weighted by molar-refractivity contribution is 0.426. The van der Waals surface area contributed by atoms with Crippen molar-refractivity contribution in [1.29, 1.82) is 0 Å². The number of hydrogen-bond donors (Lipinski definition) is 0. The smallest absolute Gasteiger partial charge is 0.0542 e. The topological polar surface area (TPSA) is 8.17 Å². The summed E-state index contributed by atoms with van der Waals surface area (Å²) in [6.45, 7) is 7.19. The molecule has 0 bridgehead atoms. The van der Waals surface area contributed by atoms with Gasteiger partial charge in [0.25, 0.3) is 0 Å². The Labute approximate surface area is 323 Å². The van der Waals surface area contributed by atoms with E-state index in [2.05, 4.69) is 218 Å². The molecule has 0 saturated carbocycles. The second-order valence-electron chi connectivity index (χ2n) is 16.3. The molecule has 0 amide bonds. The zero-order valence-electron chi connectivity index (χ0n) is 31.4. The number of rotatable bonds is 5. The van der Waals surface area contributed by atoms with Gasteiger partial charge in [0.2, 0.25) is 0 Å². The van der Waals surface area contributed by atoms with E-state index < -0.39 is 0 Å². The summed E-state index contributed by atoms with van der Waals surface area (Å²) in [4.78, 5) is 2.44. The molecule has 3 atom stereocenters. The third kappa shape index (κ3) is 4.55. The fraction of sp³-hybridized carbons (Fsp3) is 0.132. The molecule has 2 nitrogen and oxygen atoms in total. The fourth-order valence-corrected chi connectivity index (χ4v) is 10.4. The fourth-order valence-electron chi connectivity index (χ4n) is 10.4. The Bertz CT molecular complexity index is 2870. The van der Waals surface area contributed by atoms with E-state index in [4.69, 9.17) is 0 Å². The molecule has 3 unspecified atom stereocenters. The minimum atomic E-state index is -0.166. The molecule has 264 valence electrons. The lowest BCUT2D eigenvalue weighted by Gasteiger charge is -2.34. The molecule has 55 heavy (non-hydrogen) atoms. The maximum Gasteiger partial charge on any atom is 0.0542 e. The molecule has 3 aliphatic carbocycles. The molecule has 7 aromatic carbocycles. The van der Waals surface area contributed by atoms with Crippen LogP contribution >= 0.6 is 0 Å². The zero-order chi connectivity index (χ0) is 36.9. The Hall–Kier alpha value is -6.38. The first-order valence-corrected chi connectivity index (χ1v) is 19.6. The average molecular weight is 707 g/mol. The van der Waals surface area contributed by atoms with Gasteiger partial charge in [-0.1, -0.05) is 142 Å². The lowest BCUT2D eigenvalue weighted by Crippen LogP contribution is -2.30. The molecule has 0 saturated heterocycles. The van der Waals surface area contributed by atoms with Gasteiger partial charge in [0.05, 0.1) is 11.0 Å². The maximum atomic E-state index is 2.51. The molecular formula is C53H42N2. The average Bonchev–Trinajstić information content (AvgIpc) is 3.79. The van der Waals surface area contributed by atoms with E-state index in [9.17, 15) is 0 Å². The summed E-state index contributed by atoms with van der Waals surface area (Å²) in [6.07, 6.45) is 9.31. The third-order valence-corrected chi connectivity index (χ3v) is 13.1. The van der Waals surface area contributed by atoms with Crippen LogP contribution in [0.1, 0.15) is 54.5 Å². The summed E-state index contributed by atoms with van der Waals surface area (Å²) in [5.41, 5.74) is 16.5. The number of hydrogen-bond acceptors (Lipinski definition) is 1. The van der Waals surface area contributed by atoms with Crippen LogP contribution in [0.2, 0.25) is 0 Å². The first-order valence-electron chi connectivity index (χ1n) is 19.6. The molecule has 2 heteroatoms. The maximum absolute atomic E-state index is 2.51. The van der Waals surface area contributed by atoms with E-state index >= 15 is 0 Å². The Kier molecular flexibility index (Phi) is 6.89. The van der Waals surface area contributed by atoms with Gasteiger partial charge in [-0.15, -0.1) is 0 Å². The van der Waals surface area contributed by atoms with Crippen LogP contribution in [0.4, 0.5) is 17.1 Å². The molecule has 11 rings (SSSR count). The monoisotopic (exact) mass is 706 g/mol. The van der Waals surface area contributed by atoms with Crippen LogP contribution in [-0.2, 0) is 10.8 Å². The van der Waals surface area contributed by atoms with E-state index in [0.29, 0.717) is 11.8 Å². The largest absolute Gasteiger partial charge is 0.310 e. The Morgan fingerprint density at radius 3 is 1.93 bits per heavy atom. The first-order chi connectivity index (χ1) is 26.9. The van der Waals surface area contributed by atoms with Crippen LogP contribution in [0.5, 0.6) is 0 Å². The molecule has 0 fully saturated rings. The van der Waals surface area contributed by atoms with Gasteiger partial charge in [-0.25, -0.2) is 0 Å². The van der Waals surface area contributed by atoms with Crippen molar-refractivity contribution < 1.29 is 0 Å². The lowest BCUT2D eigenvalue weighted by atomic mass is 9.68. The predicted octanol–water partition coefficient (Wildman–Crippen LogP) is 13.7. The van der Waals surface area contributed by atoms with Crippen LogP contribution in [0.25, 0.3) is 38.6 Å². The number of allylic oxidation sites excluding steroid dienone is 4. The number of fused-ring (bicyclic) bond motifs is 9. The standard InChI is InChI=1S/C53H42N2/c1-52(2)46-23-13-10-20-40(46)43-29-27-39(34-49(43)52)54(36-16-6-4-7-17-36)38-28-31-51-45(33-38)44-32-35(26-30-50(44)55(51)37-18-8-5-9-19-37)53(3)47-24-14-11-21-41(47)42-22-12-15-25-48(42)53/h4-34,41,47H,1-3H3. The van der Waals surface area contributed by atoms with Crippen molar-refractivity contribution in [2.24, 2.45) is 5.92 Å². The minimum absolute atomic E-state index is 0.0922. The molecule has 1 heterocycles.